The molecule has 0 atom stereocenters. The lowest BCUT2D eigenvalue weighted by Gasteiger charge is -1.90. The zero-order valence-corrected chi connectivity index (χ0v) is 6.54. The van der Waals surface area contributed by atoms with E-state index < -0.39 is 0 Å². The molecule has 0 aliphatic rings. The Bertz CT molecular complexity index is 355. The fraction of sp³-hybridized carbons (Fsp3) is 0. The summed E-state index contributed by atoms with van der Waals surface area (Å²) in [6.45, 7) is 0. The molecule has 2 aromatic rings. The molecule has 0 N–H and O–H groups in total. The molecule has 2 aromatic heterocycles. The number of rotatable bonds is 0. The van der Waals surface area contributed by atoms with E-state index in [-0.39, 0.29) is 0 Å². The van der Waals surface area contributed by atoms with Crippen LogP contribution < -0.4 is 0 Å². The van der Waals surface area contributed by atoms with Crippen molar-refractivity contribution in [3.05, 3.63) is 29.1 Å². The first-order chi connectivity index (χ1) is 4.86. The first kappa shape index (κ1) is 5.85. The summed E-state index contributed by atoms with van der Waals surface area (Å²) in [5.74, 6) is 0. The van der Waals surface area contributed by atoms with E-state index in [0.29, 0.717) is 0 Å². The van der Waals surface area contributed by atoms with Crippen LogP contribution >= 0.6 is 15.9 Å². The van der Waals surface area contributed by atoms with Gasteiger partial charge in [-0.1, -0.05) is 0 Å². The fourth-order valence-electron chi connectivity index (χ4n) is 0.736. The summed E-state index contributed by atoms with van der Waals surface area (Å²) < 4.78 is 2.57. The lowest BCUT2D eigenvalue weighted by Crippen LogP contribution is -1.87. The molecule has 4 heteroatoms. The Labute approximate surface area is 65.8 Å². The first-order valence-electron chi connectivity index (χ1n) is 2.73. The predicted molar refractivity (Wildman–Crippen MR) is 39.5 cm³/mol. The Balaban J connectivity index is 2.86. The van der Waals surface area contributed by atoms with E-state index in [1.165, 1.54) is 0 Å². The van der Waals surface area contributed by atoms with Gasteiger partial charge in [-0.2, -0.15) is 5.10 Å². The lowest BCUT2D eigenvalue weighted by atomic mass is 10.6. The standard InChI is InChI=1S/C6H3BrN3/c7-5-3-8-6-1-2-9-10(6)4-5/h1,3-4H. The minimum atomic E-state index is 0.809. The van der Waals surface area contributed by atoms with E-state index in [9.17, 15) is 0 Å². The average Bonchev–Trinajstić information content (AvgIpc) is 2.33. The van der Waals surface area contributed by atoms with Gasteiger partial charge in [0.15, 0.2) is 5.65 Å². The molecule has 0 spiro atoms. The molecule has 0 saturated carbocycles. The van der Waals surface area contributed by atoms with Crippen LogP contribution in [0.4, 0.5) is 0 Å². The van der Waals surface area contributed by atoms with E-state index in [4.69, 9.17) is 0 Å². The molecule has 0 fully saturated rings. The third-order valence-electron chi connectivity index (χ3n) is 1.16. The van der Waals surface area contributed by atoms with Crippen LogP contribution in [0.3, 0.4) is 0 Å². The number of halogens is 1. The van der Waals surface area contributed by atoms with Crippen molar-refractivity contribution >= 4 is 21.6 Å². The van der Waals surface area contributed by atoms with Gasteiger partial charge >= 0.3 is 0 Å². The third-order valence-corrected chi connectivity index (χ3v) is 1.57. The van der Waals surface area contributed by atoms with Gasteiger partial charge in [-0.15, -0.1) is 0 Å². The fourth-order valence-corrected chi connectivity index (χ4v) is 1.03. The molecular formula is C6H3BrN3. The molecule has 0 aliphatic heterocycles. The van der Waals surface area contributed by atoms with Gasteiger partial charge in [-0.3, -0.25) is 0 Å². The molecule has 10 heavy (non-hydrogen) atoms. The minimum absolute atomic E-state index is 0.809. The van der Waals surface area contributed by atoms with Gasteiger partial charge < -0.3 is 0 Å². The molecule has 1 radical (unpaired) electrons. The zero-order chi connectivity index (χ0) is 6.97. The number of aromatic nitrogens is 3. The maximum absolute atomic E-state index is 4.06. The van der Waals surface area contributed by atoms with E-state index in [1.54, 1.807) is 16.8 Å². The normalized spacial score (nSPS) is 10.5. The summed E-state index contributed by atoms with van der Waals surface area (Å²) in [6, 6.07) is 1.73. The van der Waals surface area contributed by atoms with Crippen molar-refractivity contribution < 1.29 is 0 Å². The van der Waals surface area contributed by atoms with Crippen molar-refractivity contribution in [1.29, 1.82) is 0 Å². The van der Waals surface area contributed by atoms with Gasteiger partial charge in [0.2, 0.25) is 0 Å². The SMILES string of the molecule is Brc1cnc2c[c]nn2c1. The molecule has 0 aliphatic carbocycles. The van der Waals surface area contributed by atoms with Crippen molar-refractivity contribution in [1.82, 2.24) is 14.6 Å². The van der Waals surface area contributed by atoms with Crippen LogP contribution in [0, 0.1) is 6.20 Å². The maximum atomic E-state index is 4.06. The molecule has 2 heterocycles. The van der Waals surface area contributed by atoms with Gasteiger partial charge in [0.05, 0.1) is 4.47 Å². The molecule has 0 saturated heterocycles. The zero-order valence-electron chi connectivity index (χ0n) is 4.95. The first-order valence-corrected chi connectivity index (χ1v) is 3.52. The predicted octanol–water partition coefficient (Wildman–Crippen LogP) is 1.29. The Morgan fingerprint density at radius 1 is 1.60 bits per heavy atom. The second kappa shape index (κ2) is 2.05. The van der Waals surface area contributed by atoms with Gasteiger partial charge in [-0.25, -0.2) is 9.50 Å². The van der Waals surface area contributed by atoms with Crippen molar-refractivity contribution in [3.63, 3.8) is 0 Å². The van der Waals surface area contributed by atoms with E-state index >= 15 is 0 Å². The highest BCUT2D eigenvalue weighted by atomic mass is 79.9. The smallest absolute Gasteiger partial charge is 0.155 e. The average molecular weight is 197 g/mol. The number of hydrogen-bond acceptors (Lipinski definition) is 2. The second-order valence-corrected chi connectivity index (χ2v) is 2.76. The Morgan fingerprint density at radius 2 is 2.50 bits per heavy atom. The molecule has 0 aromatic carbocycles. The lowest BCUT2D eigenvalue weighted by molar-refractivity contribution is 0.929. The third kappa shape index (κ3) is 0.806. The second-order valence-electron chi connectivity index (χ2n) is 1.85. The highest BCUT2D eigenvalue weighted by molar-refractivity contribution is 9.10. The van der Waals surface area contributed by atoms with Crippen LogP contribution in [0.1, 0.15) is 0 Å². The molecule has 0 unspecified atom stereocenters. The summed E-state index contributed by atoms with van der Waals surface area (Å²) in [4.78, 5) is 4.06. The molecule has 2 rings (SSSR count). The van der Waals surface area contributed by atoms with Crippen LogP contribution in [0.25, 0.3) is 5.65 Å². The summed E-state index contributed by atoms with van der Waals surface area (Å²) in [5, 5.41) is 3.88. The van der Waals surface area contributed by atoms with Crippen molar-refractivity contribution in [2.24, 2.45) is 0 Å². The molecule has 3 nitrogen and oxygen atoms in total. The molecule has 49 valence electrons. The van der Waals surface area contributed by atoms with Gasteiger partial charge in [0, 0.05) is 18.5 Å². The summed E-state index contributed by atoms with van der Waals surface area (Å²) in [7, 11) is 0. The number of fused-ring (bicyclic) bond motifs is 1. The monoisotopic (exact) mass is 196 g/mol. The minimum Gasteiger partial charge on any atom is -0.236 e. The quantitative estimate of drug-likeness (QED) is 0.636. The van der Waals surface area contributed by atoms with E-state index in [1.807, 2.05) is 6.20 Å². The molecular weight excluding hydrogens is 194 g/mol. The van der Waals surface area contributed by atoms with Crippen LogP contribution in [-0.2, 0) is 0 Å². The van der Waals surface area contributed by atoms with Gasteiger partial charge in [-0.05, 0) is 15.9 Å². The van der Waals surface area contributed by atoms with Crippen molar-refractivity contribution in [3.8, 4) is 0 Å². The maximum Gasteiger partial charge on any atom is 0.155 e. The van der Waals surface area contributed by atoms with Crippen LogP contribution in [-0.4, -0.2) is 14.6 Å². The van der Waals surface area contributed by atoms with Crippen LogP contribution in [0.15, 0.2) is 22.9 Å². The van der Waals surface area contributed by atoms with Gasteiger partial charge in [0.1, 0.15) is 6.20 Å². The Morgan fingerprint density at radius 3 is 3.40 bits per heavy atom. The highest BCUT2D eigenvalue weighted by Crippen LogP contribution is 2.06. The Hall–Kier alpha value is -0.900. The van der Waals surface area contributed by atoms with Crippen molar-refractivity contribution in [2.75, 3.05) is 0 Å². The van der Waals surface area contributed by atoms with Gasteiger partial charge in [0.25, 0.3) is 0 Å². The van der Waals surface area contributed by atoms with Crippen LogP contribution in [0.5, 0.6) is 0 Å². The Kier molecular flexibility index (Phi) is 1.20. The molecule has 0 bridgehead atoms. The molecule has 0 amide bonds. The number of nitrogens with zero attached hydrogens (tertiary/aromatic N) is 3. The summed E-state index contributed by atoms with van der Waals surface area (Å²) >= 11 is 3.28. The largest absolute Gasteiger partial charge is 0.236 e. The number of hydrogen-bond donors (Lipinski definition) is 0. The van der Waals surface area contributed by atoms with E-state index in [0.717, 1.165) is 10.1 Å². The summed E-state index contributed by atoms with van der Waals surface area (Å²) in [5.41, 5.74) is 0.809. The topological polar surface area (TPSA) is 30.2 Å². The van der Waals surface area contributed by atoms with Crippen LogP contribution in [0.2, 0.25) is 0 Å². The summed E-state index contributed by atoms with van der Waals surface area (Å²) in [6.07, 6.45) is 6.25. The van der Waals surface area contributed by atoms with Crippen molar-refractivity contribution in [2.45, 2.75) is 0 Å². The van der Waals surface area contributed by atoms with E-state index in [2.05, 4.69) is 32.2 Å². The highest BCUT2D eigenvalue weighted by Gasteiger charge is 1.93.